The Morgan fingerprint density at radius 1 is 0.753 bits per heavy atom. The molecule has 5 aromatic carbocycles. The van der Waals surface area contributed by atoms with Crippen molar-refractivity contribution in [1.29, 1.82) is 5.26 Å². The van der Waals surface area contributed by atoms with Gasteiger partial charge in [-0.25, -0.2) is 9.65 Å². The second-order valence-corrected chi connectivity index (χ2v) is 20.0. The third-order valence-electron chi connectivity index (χ3n) is 12.9. The summed E-state index contributed by atoms with van der Waals surface area (Å²) in [5.74, 6) is 1.49. The molecule has 1 fully saturated rings. The van der Waals surface area contributed by atoms with Crippen molar-refractivity contribution < 1.29 is 47.3 Å². The van der Waals surface area contributed by atoms with Crippen molar-refractivity contribution in [2.24, 2.45) is 0 Å². The number of hydrogen-bond acceptors (Lipinski definition) is 17. The molecule has 0 bridgehead atoms. The summed E-state index contributed by atoms with van der Waals surface area (Å²) in [6, 6.07) is 40.2. The van der Waals surface area contributed by atoms with E-state index in [4.69, 9.17) is 47.4 Å². The van der Waals surface area contributed by atoms with Crippen LogP contribution in [0.2, 0.25) is 0 Å². The maximum Gasteiger partial charge on any atom is 0.321 e. The van der Waals surface area contributed by atoms with Crippen LogP contribution in [0.3, 0.4) is 0 Å². The fourth-order valence-electron chi connectivity index (χ4n) is 9.17. The number of methoxy groups -OCH3 is 2. The number of imidazole rings is 1. The highest BCUT2D eigenvalue weighted by Gasteiger charge is 2.45. The molecule has 1 unspecified atom stereocenters. The van der Waals surface area contributed by atoms with Crippen molar-refractivity contribution in [2.45, 2.75) is 89.5 Å². The molecule has 21 heteroatoms. The third kappa shape index (κ3) is 13.3. The first-order chi connectivity index (χ1) is 37.3. The first-order valence-corrected chi connectivity index (χ1v) is 26.3. The molecule has 0 N–H and O–H groups in total. The van der Waals surface area contributed by atoms with E-state index in [-0.39, 0.29) is 74.6 Å². The minimum Gasteiger partial charge on any atom is -0.497 e. The lowest BCUT2D eigenvalue weighted by atomic mass is 9.80. The molecule has 1 saturated heterocycles. The number of rotatable bonds is 27. The van der Waals surface area contributed by atoms with E-state index in [1.165, 1.54) is 24.3 Å². The molecule has 0 radical (unpaired) electrons. The highest BCUT2D eigenvalue weighted by molar-refractivity contribution is 7.44. The van der Waals surface area contributed by atoms with Crippen molar-refractivity contribution >= 4 is 31.1 Å². The quantitative estimate of drug-likeness (QED) is 0.0153. The topological polar surface area (TPSA) is 231 Å². The molecular weight excluding hydrogens is 1010 g/mol. The van der Waals surface area contributed by atoms with Gasteiger partial charge in [0.25, 0.3) is 19.9 Å². The lowest BCUT2D eigenvalue weighted by Crippen LogP contribution is -2.39. The van der Waals surface area contributed by atoms with Gasteiger partial charge < -0.3 is 37.5 Å². The van der Waals surface area contributed by atoms with Crippen LogP contribution >= 0.6 is 8.53 Å². The molecule has 0 aliphatic carbocycles. The maximum atomic E-state index is 11.3. The lowest BCUT2D eigenvalue weighted by molar-refractivity contribution is -0.385. The van der Waals surface area contributed by atoms with Gasteiger partial charge in [0, 0.05) is 55.6 Å². The summed E-state index contributed by atoms with van der Waals surface area (Å²) in [5.41, 5.74) is 3.56. The monoisotopic (exact) mass is 1070 g/mol. The Balaban J connectivity index is 1.17. The van der Waals surface area contributed by atoms with E-state index in [9.17, 15) is 25.5 Å². The van der Waals surface area contributed by atoms with Crippen LogP contribution in [0.4, 0.5) is 11.4 Å². The fraction of sp³-hybridized carbons (Fsp3) is 0.357. The van der Waals surface area contributed by atoms with Gasteiger partial charge in [0.1, 0.15) is 29.4 Å². The minimum atomic E-state index is -1.76. The van der Waals surface area contributed by atoms with Crippen molar-refractivity contribution in [3.8, 4) is 29.5 Å². The molecule has 8 rings (SSSR count). The van der Waals surface area contributed by atoms with E-state index < -0.39 is 42.4 Å². The number of nitriles is 1. The van der Waals surface area contributed by atoms with E-state index in [2.05, 4.69) is 43.4 Å². The van der Waals surface area contributed by atoms with Crippen molar-refractivity contribution in [3.63, 3.8) is 0 Å². The molecule has 1 aliphatic rings. The largest absolute Gasteiger partial charge is 0.497 e. The zero-order valence-corrected chi connectivity index (χ0v) is 44.6. The molecule has 1 aliphatic heterocycles. The molecule has 2 aromatic heterocycles. The Kier molecular flexibility index (Phi) is 18.7. The molecule has 20 nitrogen and oxygen atoms in total. The summed E-state index contributed by atoms with van der Waals surface area (Å²) in [7, 11) is 1.49. The van der Waals surface area contributed by atoms with E-state index in [1.807, 2.05) is 78.9 Å². The second-order valence-electron chi connectivity index (χ2n) is 18.6. The summed E-state index contributed by atoms with van der Waals surface area (Å²) < 4.78 is 55.8. The van der Waals surface area contributed by atoms with Gasteiger partial charge in [0.05, 0.1) is 75.4 Å². The Morgan fingerprint density at radius 3 is 1.82 bits per heavy atom. The molecule has 0 saturated carbocycles. The number of ether oxygens (including phenoxy) is 6. The molecule has 7 aromatic rings. The third-order valence-corrected chi connectivity index (χ3v) is 15.1. The summed E-state index contributed by atoms with van der Waals surface area (Å²) in [5, 5.41) is 32.2. The number of hydrogen-bond donors (Lipinski definition) is 0. The standard InChI is InChI=1S/C56H61N8O12P/c1-38(2)62(39(3)4)77(74-32-10-31-57)76-49-35-51(75-50(49)36-73-56(42-11-8-7-9-12-42,43-17-25-47(69-5)26-18-43)44-19-27-48(70-6)28-20-44)61-37-58-52-53(61)59-55(72-34-30-41-15-23-46(24-16-41)64(67)68)60-54(52)71-33-29-40-13-21-45(22-14-40)63(65)66/h7-9,11-28,37-39,49-51H,10,29-30,32-36H2,1-6H3/t49-,50+,51+,77?/m0/s1. The number of non-ortho nitro benzene ring substituents is 2. The van der Waals surface area contributed by atoms with Crippen molar-refractivity contribution in [2.75, 3.05) is 40.6 Å². The minimum absolute atomic E-state index is 0.00840. The molecule has 402 valence electrons. The van der Waals surface area contributed by atoms with Crippen molar-refractivity contribution in [1.82, 2.24) is 24.2 Å². The van der Waals surface area contributed by atoms with E-state index >= 15 is 0 Å². The summed E-state index contributed by atoms with van der Waals surface area (Å²) >= 11 is 0. The normalized spacial score (nSPS) is 15.9. The smallest absolute Gasteiger partial charge is 0.321 e. The summed E-state index contributed by atoms with van der Waals surface area (Å²) in [6.45, 7) is 8.73. The number of fused-ring (bicyclic) bond motifs is 1. The summed E-state index contributed by atoms with van der Waals surface area (Å²) in [4.78, 5) is 36.0. The van der Waals surface area contributed by atoms with Gasteiger partial charge >= 0.3 is 6.01 Å². The Hall–Kier alpha value is -7.63. The van der Waals surface area contributed by atoms with Gasteiger partial charge in [-0.2, -0.15) is 15.2 Å². The fourth-order valence-corrected chi connectivity index (χ4v) is 10.9. The molecule has 0 spiro atoms. The zero-order valence-electron chi connectivity index (χ0n) is 43.7. The van der Waals surface area contributed by atoms with Crippen LogP contribution in [-0.4, -0.2) is 99.0 Å². The van der Waals surface area contributed by atoms with Crippen LogP contribution < -0.4 is 18.9 Å². The number of aromatic nitrogens is 4. The predicted octanol–water partition coefficient (Wildman–Crippen LogP) is 10.9. The Morgan fingerprint density at radius 2 is 1.30 bits per heavy atom. The molecule has 0 amide bonds. The SMILES string of the molecule is COc1ccc(C(OC[C@H]2O[C@@H](n3cnc4c(OCCc5ccc([N+](=O)[O-])cc5)nc(OCCc5ccc([N+](=O)[O-])cc5)nc43)C[C@@H]2OP(OCCC#N)N(C(C)C)C(C)C)(c2ccccc2)c2ccc(OC)cc2)cc1. The van der Waals surface area contributed by atoms with Crippen LogP contribution in [-0.2, 0) is 37.0 Å². The first kappa shape index (κ1) is 55.6. The zero-order chi connectivity index (χ0) is 54.5. The Labute approximate surface area is 447 Å². The number of nitro groups is 2. The van der Waals surface area contributed by atoms with E-state index in [0.717, 1.165) is 27.8 Å². The van der Waals surface area contributed by atoms with Gasteiger partial charge in [-0.3, -0.25) is 24.8 Å². The van der Waals surface area contributed by atoms with Crippen LogP contribution in [0.25, 0.3) is 11.2 Å². The maximum absolute atomic E-state index is 11.3. The summed E-state index contributed by atoms with van der Waals surface area (Å²) in [6.07, 6.45) is 0.716. The lowest BCUT2D eigenvalue weighted by Gasteiger charge is -2.39. The van der Waals surface area contributed by atoms with Gasteiger partial charge in [-0.1, -0.05) is 78.9 Å². The van der Waals surface area contributed by atoms with Gasteiger partial charge in [-0.05, 0) is 79.8 Å². The highest BCUT2D eigenvalue weighted by atomic mass is 31.2. The molecular formula is C56H61N8O12P. The van der Waals surface area contributed by atoms with Gasteiger partial charge in [0.2, 0.25) is 5.88 Å². The predicted molar refractivity (Wildman–Crippen MR) is 287 cm³/mol. The van der Waals surface area contributed by atoms with Crippen molar-refractivity contribution in [3.05, 3.63) is 182 Å². The molecule has 4 atom stereocenters. The number of nitro benzene ring substituents is 2. The van der Waals surface area contributed by atoms with E-state index in [0.29, 0.717) is 35.5 Å². The second kappa shape index (κ2) is 25.9. The van der Waals surface area contributed by atoms with Crippen LogP contribution in [0.1, 0.15) is 74.6 Å². The number of benzene rings is 5. The van der Waals surface area contributed by atoms with Gasteiger partial charge in [0.15, 0.2) is 11.2 Å². The van der Waals surface area contributed by atoms with Gasteiger partial charge in [-0.15, -0.1) is 0 Å². The molecule has 77 heavy (non-hydrogen) atoms. The number of nitrogens with zero attached hydrogens (tertiary/aromatic N) is 8. The van der Waals surface area contributed by atoms with Crippen LogP contribution in [0.5, 0.6) is 23.4 Å². The molecule has 3 heterocycles. The van der Waals surface area contributed by atoms with E-state index in [1.54, 1.807) is 49.4 Å². The first-order valence-electron chi connectivity index (χ1n) is 25.2. The average Bonchev–Trinajstić information content (AvgIpc) is 4.06. The Bertz CT molecular complexity index is 3030. The average molecular weight is 1070 g/mol. The van der Waals surface area contributed by atoms with Crippen LogP contribution in [0, 0.1) is 31.6 Å². The van der Waals surface area contributed by atoms with Crippen LogP contribution in [0.15, 0.2) is 134 Å². The highest BCUT2D eigenvalue weighted by Crippen LogP contribution is 2.51.